The van der Waals surface area contributed by atoms with E-state index in [0.717, 1.165) is 19.3 Å². The van der Waals surface area contributed by atoms with E-state index in [-0.39, 0.29) is 12.0 Å². The van der Waals surface area contributed by atoms with Crippen LogP contribution in [0, 0.1) is 5.92 Å². The van der Waals surface area contributed by atoms with Crippen molar-refractivity contribution < 1.29 is 19.1 Å². The second-order valence-corrected chi connectivity index (χ2v) is 4.18. The minimum absolute atomic E-state index is 0.0413. The third-order valence-corrected chi connectivity index (χ3v) is 2.97. The van der Waals surface area contributed by atoms with Gasteiger partial charge in [0.15, 0.2) is 0 Å². The summed E-state index contributed by atoms with van der Waals surface area (Å²) in [5.74, 6) is -0.857. The molecule has 0 N–H and O–H groups in total. The maximum absolute atomic E-state index is 11.4. The second kappa shape index (κ2) is 3.68. The zero-order valence-electron chi connectivity index (χ0n) is 8.69. The Kier molecular flexibility index (Phi) is 2.50. The van der Waals surface area contributed by atoms with Gasteiger partial charge in [-0.25, -0.2) is 9.59 Å². The summed E-state index contributed by atoms with van der Waals surface area (Å²) in [6.07, 6.45) is 2.06. The van der Waals surface area contributed by atoms with E-state index >= 15 is 0 Å². The molecule has 0 aromatic rings. The van der Waals surface area contributed by atoms with E-state index in [4.69, 9.17) is 9.47 Å². The summed E-state index contributed by atoms with van der Waals surface area (Å²) in [6, 6.07) is 0. The molecule has 1 saturated carbocycles. The first-order valence-corrected chi connectivity index (χ1v) is 5.16. The molecule has 0 aromatic heterocycles. The Morgan fingerprint density at radius 2 is 2.27 bits per heavy atom. The van der Waals surface area contributed by atoms with Crippen molar-refractivity contribution in [1.29, 1.82) is 0 Å². The highest BCUT2D eigenvalue weighted by Crippen LogP contribution is 2.38. The van der Waals surface area contributed by atoms with Crippen LogP contribution < -0.4 is 0 Å². The Morgan fingerprint density at radius 3 is 2.93 bits per heavy atom. The Morgan fingerprint density at radius 1 is 1.53 bits per heavy atom. The van der Waals surface area contributed by atoms with E-state index in [1.54, 1.807) is 6.92 Å². The number of ether oxygens (including phenoxy) is 2. The van der Waals surface area contributed by atoms with Crippen LogP contribution in [0.25, 0.3) is 0 Å². The molecule has 3 atom stereocenters. The van der Waals surface area contributed by atoms with Crippen LogP contribution in [0.2, 0.25) is 0 Å². The summed E-state index contributed by atoms with van der Waals surface area (Å²) in [5, 5.41) is 0. The van der Waals surface area contributed by atoms with E-state index in [2.05, 4.69) is 6.58 Å². The average molecular weight is 210 g/mol. The summed E-state index contributed by atoms with van der Waals surface area (Å²) >= 11 is 0. The molecule has 15 heavy (non-hydrogen) atoms. The molecule has 1 aliphatic carbocycles. The Hall–Kier alpha value is -1.32. The van der Waals surface area contributed by atoms with E-state index in [9.17, 15) is 9.59 Å². The fraction of sp³-hybridized carbons (Fsp3) is 0.636. The van der Waals surface area contributed by atoms with Crippen LogP contribution in [0.3, 0.4) is 0 Å². The van der Waals surface area contributed by atoms with Crippen molar-refractivity contribution in [3.8, 4) is 0 Å². The topological polar surface area (TPSA) is 52.6 Å². The molecule has 1 saturated heterocycles. The van der Waals surface area contributed by atoms with Gasteiger partial charge in [-0.1, -0.05) is 6.58 Å². The molecular formula is C11H14O4. The number of rotatable bonds is 2. The first kappa shape index (κ1) is 10.2. The highest BCUT2D eigenvalue weighted by atomic mass is 16.6. The van der Waals surface area contributed by atoms with Crippen LogP contribution in [0.5, 0.6) is 0 Å². The Balaban J connectivity index is 2.05. The molecular weight excluding hydrogens is 196 g/mol. The van der Waals surface area contributed by atoms with Gasteiger partial charge in [-0.3, -0.25) is 0 Å². The van der Waals surface area contributed by atoms with Gasteiger partial charge >= 0.3 is 11.9 Å². The molecule has 1 unspecified atom stereocenters. The molecule has 2 fully saturated rings. The summed E-state index contributed by atoms with van der Waals surface area (Å²) in [7, 11) is 0. The summed E-state index contributed by atoms with van der Waals surface area (Å²) in [4.78, 5) is 22.7. The lowest BCUT2D eigenvalue weighted by Crippen LogP contribution is -2.29. The SMILES string of the molecule is C=C(C)C(=O)OC1C(=O)O[C@@H]2CCC[C@H]12. The highest BCUT2D eigenvalue weighted by molar-refractivity contribution is 5.90. The minimum Gasteiger partial charge on any atom is -0.459 e. The van der Waals surface area contributed by atoms with E-state index in [0.29, 0.717) is 5.57 Å². The molecule has 1 heterocycles. The van der Waals surface area contributed by atoms with Crippen LogP contribution in [-0.4, -0.2) is 24.1 Å². The minimum atomic E-state index is -0.707. The first-order chi connectivity index (χ1) is 7.09. The molecule has 0 radical (unpaired) electrons. The van der Waals surface area contributed by atoms with E-state index in [1.807, 2.05) is 0 Å². The summed E-state index contributed by atoms with van der Waals surface area (Å²) in [6.45, 7) is 5.05. The van der Waals surface area contributed by atoms with Crippen LogP contribution in [0.1, 0.15) is 26.2 Å². The number of hydrogen-bond acceptors (Lipinski definition) is 4. The number of fused-ring (bicyclic) bond motifs is 1. The largest absolute Gasteiger partial charge is 0.459 e. The van der Waals surface area contributed by atoms with Crippen molar-refractivity contribution in [2.75, 3.05) is 0 Å². The molecule has 2 aliphatic rings. The van der Waals surface area contributed by atoms with Crippen molar-refractivity contribution in [2.45, 2.75) is 38.4 Å². The van der Waals surface area contributed by atoms with Crippen LogP contribution in [0.15, 0.2) is 12.2 Å². The lowest BCUT2D eigenvalue weighted by atomic mass is 10.0. The van der Waals surface area contributed by atoms with Gasteiger partial charge < -0.3 is 9.47 Å². The fourth-order valence-electron chi connectivity index (χ4n) is 2.19. The normalized spacial score (nSPS) is 33.4. The number of hydrogen-bond donors (Lipinski definition) is 0. The predicted molar refractivity (Wildman–Crippen MR) is 51.9 cm³/mol. The molecule has 1 aliphatic heterocycles. The summed E-state index contributed by atoms with van der Waals surface area (Å²) < 4.78 is 10.2. The van der Waals surface area contributed by atoms with Crippen LogP contribution in [0.4, 0.5) is 0 Å². The Bertz CT molecular complexity index is 321. The van der Waals surface area contributed by atoms with Gasteiger partial charge in [0.05, 0.1) is 0 Å². The average Bonchev–Trinajstić information content (AvgIpc) is 2.69. The third kappa shape index (κ3) is 1.76. The van der Waals surface area contributed by atoms with Gasteiger partial charge in [-0.05, 0) is 26.2 Å². The smallest absolute Gasteiger partial charge is 0.348 e. The molecule has 2 rings (SSSR count). The van der Waals surface area contributed by atoms with Gasteiger partial charge in [0.2, 0.25) is 6.10 Å². The quantitative estimate of drug-likeness (QED) is 0.507. The fourth-order valence-corrected chi connectivity index (χ4v) is 2.19. The maximum atomic E-state index is 11.4. The summed E-state index contributed by atoms with van der Waals surface area (Å²) in [5.41, 5.74) is 0.309. The third-order valence-electron chi connectivity index (χ3n) is 2.97. The zero-order valence-corrected chi connectivity index (χ0v) is 8.69. The number of esters is 2. The van der Waals surface area contributed by atoms with Gasteiger partial charge in [0.1, 0.15) is 6.10 Å². The maximum Gasteiger partial charge on any atom is 0.348 e. The molecule has 4 nitrogen and oxygen atoms in total. The molecule has 4 heteroatoms. The lowest BCUT2D eigenvalue weighted by molar-refractivity contribution is -0.159. The molecule has 0 bridgehead atoms. The van der Waals surface area contributed by atoms with Gasteiger partial charge in [-0.15, -0.1) is 0 Å². The zero-order chi connectivity index (χ0) is 11.0. The van der Waals surface area contributed by atoms with Crippen molar-refractivity contribution >= 4 is 11.9 Å². The van der Waals surface area contributed by atoms with Crippen molar-refractivity contribution in [3.63, 3.8) is 0 Å². The molecule has 0 amide bonds. The molecule has 82 valence electrons. The van der Waals surface area contributed by atoms with Gasteiger partial charge in [-0.2, -0.15) is 0 Å². The molecule has 0 aromatic carbocycles. The van der Waals surface area contributed by atoms with Gasteiger partial charge in [0, 0.05) is 11.5 Å². The standard InChI is InChI=1S/C11H14O4/c1-6(2)10(12)15-9-7-4-3-5-8(7)14-11(9)13/h7-9H,1,3-5H2,2H3/t7-,8+,9?/m0/s1. The highest BCUT2D eigenvalue weighted by Gasteiger charge is 2.49. The van der Waals surface area contributed by atoms with E-state index < -0.39 is 18.0 Å². The Labute approximate surface area is 88.2 Å². The number of carbonyl (C=O) groups is 2. The van der Waals surface area contributed by atoms with E-state index in [1.165, 1.54) is 0 Å². The second-order valence-electron chi connectivity index (χ2n) is 4.18. The molecule has 0 spiro atoms. The van der Waals surface area contributed by atoms with Crippen molar-refractivity contribution in [3.05, 3.63) is 12.2 Å². The van der Waals surface area contributed by atoms with Crippen LogP contribution >= 0.6 is 0 Å². The first-order valence-electron chi connectivity index (χ1n) is 5.16. The predicted octanol–water partition coefficient (Wildman–Crippen LogP) is 1.20. The monoisotopic (exact) mass is 210 g/mol. The van der Waals surface area contributed by atoms with Crippen molar-refractivity contribution in [1.82, 2.24) is 0 Å². The lowest BCUT2D eigenvalue weighted by Gasteiger charge is -2.13. The van der Waals surface area contributed by atoms with Crippen LogP contribution in [-0.2, 0) is 19.1 Å². The number of carbonyl (C=O) groups excluding carboxylic acids is 2. The van der Waals surface area contributed by atoms with Gasteiger partial charge in [0.25, 0.3) is 0 Å². The van der Waals surface area contributed by atoms with Crippen molar-refractivity contribution in [2.24, 2.45) is 5.92 Å².